The number of nitrogens with zero attached hydrogens (tertiary/aromatic N) is 2. The lowest BCUT2D eigenvalue weighted by Gasteiger charge is -2.40. The molecule has 2 heterocycles. The number of esters is 2. The zero-order valence-corrected chi connectivity index (χ0v) is 16.4. The van der Waals surface area contributed by atoms with Gasteiger partial charge in [-0.3, -0.25) is 14.6 Å². The normalized spacial score (nSPS) is 16.3. The molecule has 29 heavy (non-hydrogen) atoms. The quantitative estimate of drug-likeness (QED) is 0.535. The number of carbonyl (C=O) groups is 2. The monoisotopic (exact) mass is 404 g/mol. The van der Waals surface area contributed by atoms with Gasteiger partial charge in [-0.25, -0.2) is 8.78 Å². The van der Waals surface area contributed by atoms with Crippen molar-refractivity contribution in [3.8, 4) is 11.3 Å². The van der Waals surface area contributed by atoms with Crippen molar-refractivity contribution in [1.82, 2.24) is 4.98 Å². The fourth-order valence-corrected chi connectivity index (χ4v) is 3.41. The highest BCUT2D eigenvalue weighted by Gasteiger charge is 2.52. The third kappa shape index (κ3) is 3.43. The Bertz CT molecular complexity index is 896. The van der Waals surface area contributed by atoms with Gasteiger partial charge in [-0.05, 0) is 44.0 Å². The molecule has 8 heteroatoms. The van der Waals surface area contributed by atoms with Crippen LogP contribution in [0.15, 0.2) is 36.5 Å². The highest BCUT2D eigenvalue weighted by atomic mass is 19.1. The molecule has 1 aliphatic heterocycles. The minimum atomic E-state index is -1.44. The van der Waals surface area contributed by atoms with Crippen LogP contribution >= 0.6 is 0 Å². The first kappa shape index (κ1) is 20.7. The average Bonchev–Trinajstić information content (AvgIpc) is 2.72. The van der Waals surface area contributed by atoms with E-state index in [0.29, 0.717) is 0 Å². The van der Waals surface area contributed by atoms with E-state index in [2.05, 4.69) is 4.98 Å². The molecule has 0 bridgehead atoms. The predicted octanol–water partition coefficient (Wildman–Crippen LogP) is 4.04. The van der Waals surface area contributed by atoms with Gasteiger partial charge >= 0.3 is 18.4 Å². The number of hydrogen-bond donors (Lipinski definition) is 0. The van der Waals surface area contributed by atoms with E-state index in [0.717, 1.165) is 6.07 Å². The van der Waals surface area contributed by atoms with Crippen molar-refractivity contribution < 1.29 is 27.8 Å². The van der Waals surface area contributed by atoms with Crippen LogP contribution in [0, 0.1) is 17.0 Å². The molecule has 154 valence electrons. The van der Waals surface area contributed by atoms with Crippen molar-refractivity contribution in [3.05, 3.63) is 48.2 Å². The van der Waals surface area contributed by atoms with Crippen LogP contribution in [-0.4, -0.2) is 29.9 Å². The summed E-state index contributed by atoms with van der Waals surface area (Å²) in [5.74, 6) is -3.10. The van der Waals surface area contributed by atoms with E-state index in [9.17, 15) is 14.0 Å². The van der Waals surface area contributed by atoms with Crippen LogP contribution in [0.4, 0.5) is 14.5 Å². The number of benzene rings is 1. The van der Waals surface area contributed by atoms with Crippen LogP contribution in [0.1, 0.15) is 33.6 Å². The molecule has 0 spiro atoms. The van der Waals surface area contributed by atoms with Gasteiger partial charge in [0, 0.05) is 12.7 Å². The van der Waals surface area contributed by atoms with Crippen LogP contribution in [0.2, 0.25) is 0 Å². The minimum Gasteiger partial charge on any atom is -0.405 e. The van der Waals surface area contributed by atoms with E-state index < -0.39 is 35.4 Å². The minimum absolute atomic E-state index is 0.0688. The summed E-state index contributed by atoms with van der Waals surface area (Å²) < 4.78 is 40.4. The van der Waals surface area contributed by atoms with E-state index >= 15 is 4.39 Å². The summed E-state index contributed by atoms with van der Waals surface area (Å²) in [5, 5.41) is 0. The predicted molar refractivity (Wildman–Crippen MR) is 102 cm³/mol. The summed E-state index contributed by atoms with van der Waals surface area (Å²) in [5.41, 5.74) is -1.63. The summed E-state index contributed by atoms with van der Waals surface area (Å²) in [6.07, 6.45) is 0.449. The lowest BCUT2D eigenvalue weighted by Crippen LogP contribution is -2.55. The van der Waals surface area contributed by atoms with Crippen molar-refractivity contribution in [2.75, 3.05) is 11.4 Å². The third-order valence-corrected chi connectivity index (χ3v) is 5.30. The van der Waals surface area contributed by atoms with Crippen LogP contribution < -0.4 is 4.90 Å². The van der Waals surface area contributed by atoms with Crippen molar-refractivity contribution >= 4 is 17.6 Å². The van der Waals surface area contributed by atoms with Gasteiger partial charge in [-0.1, -0.05) is 19.9 Å². The molecule has 1 aliphatic rings. The molecular formula is C21H22F2N2O4. The maximum Gasteiger partial charge on any atom is 0.332 e. The Hall–Kier alpha value is -3.03. The zero-order chi connectivity index (χ0) is 21.2. The molecule has 3 rings (SSSR count). The summed E-state index contributed by atoms with van der Waals surface area (Å²) in [4.78, 5) is 30.4. The molecule has 1 aromatic carbocycles. The third-order valence-electron chi connectivity index (χ3n) is 5.30. The zero-order valence-electron chi connectivity index (χ0n) is 16.4. The van der Waals surface area contributed by atoms with Crippen molar-refractivity contribution in [1.29, 1.82) is 0 Å². The van der Waals surface area contributed by atoms with Gasteiger partial charge in [0.1, 0.15) is 5.82 Å². The summed E-state index contributed by atoms with van der Waals surface area (Å²) in [6.45, 7) is 5.21. The smallest absolute Gasteiger partial charge is 0.332 e. The molecule has 1 fully saturated rings. The number of carbonyl (C=O) groups excluding carboxylic acids is 2. The number of pyridine rings is 1. The van der Waals surface area contributed by atoms with Gasteiger partial charge in [-0.2, -0.15) is 0 Å². The summed E-state index contributed by atoms with van der Waals surface area (Å²) in [7, 11) is 0. The maximum atomic E-state index is 15.3. The number of anilines is 1. The van der Waals surface area contributed by atoms with Gasteiger partial charge in [0.25, 0.3) is 0 Å². The first-order chi connectivity index (χ1) is 13.9. The molecule has 0 saturated carbocycles. The Kier molecular flexibility index (Phi) is 5.81. The number of cyclic esters (lactones) is 2. The van der Waals surface area contributed by atoms with E-state index in [1.54, 1.807) is 32.9 Å². The van der Waals surface area contributed by atoms with Gasteiger partial charge in [-0.15, -0.1) is 0 Å². The van der Waals surface area contributed by atoms with Crippen LogP contribution in [0.5, 0.6) is 0 Å². The van der Waals surface area contributed by atoms with E-state index in [1.165, 1.54) is 23.2 Å². The number of aromatic nitrogens is 1. The Labute approximate surface area is 167 Å². The highest BCUT2D eigenvalue weighted by Crippen LogP contribution is 2.38. The highest BCUT2D eigenvalue weighted by molar-refractivity contribution is 6.01. The molecule has 0 radical (unpaired) electrons. The fourth-order valence-electron chi connectivity index (χ4n) is 3.41. The Morgan fingerprint density at radius 2 is 1.69 bits per heavy atom. The first-order valence-electron chi connectivity index (χ1n) is 9.47. The van der Waals surface area contributed by atoms with E-state index in [1.807, 2.05) is 0 Å². The molecule has 6 nitrogen and oxygen atoms in total. The summed E-state index contributed by atoms with van der Waals surface area (Å²) >= 11 is 0. The van der Waals surface area contributed by atoms with Crippen molar-refractivity contribution in [3.63, 3.8) is 0 Å². The van der Waals surface area contributed by atoms with E-state index in [-0.39, 0.29) is 36.3 Å². The number of ether oxygens (including phenoxy) is 2. The standard InChI is InChI=1S/C21H22F2N2O4/c1-4-21(5-2)18(26)28-20(29-19(21)27)25(6-3)15-11-10-13(22)16(17(15)23)14-9-7-8-12-24-14/h7-12,20H,4-6H2,1-3H3. The lowest BCUT2D eigenvalue weighted by atomic mass is 9.82. The first-order valence-corrected chi connectivity index (χ1v) is 9.47. The molecule has 0 atom stereocenters. The second kappa shape index (κ2) is 8.14. The topological polar surface area (TPSA) is 68.7 Å². The van der Waals surface area contributed by atoms with Crippen LogP contribution in [-0.2, 0) is 19.1 Å². The second-order valence-corrected chi connectivity index (χ2v) is 6.66. The van der Waals surface area contributed by atoms with E-state index in [4.69, 9.17) is 9.47 Å². The lowest BCUT2D eigenvalue weighted by molar-refractivity contribution is -0.224. The van der Waals surface area contributed by atoms with Gasteiger partial charge in [0.15, 0.2) is 11.2 Å². The molecule has 0 N–H and O–H groups in total. The molecule has 0 unspecified atom stereocenters. The number of rotatable bonds is 6. The Morgan fingerprint density at radius 3 is 2.21 bits per heavy atom. The van der Waals surface area contributed by atoms with Gasteiger partial charge in [0.2, 0.25) is 0 Å². The van der Waals surface area contributed by atoms with Crippen molar-refractivity contribution in [2.24, 2.45) is 5.41 Å². The van der Waals surface area contributed by atoms with Gasteiger partial charge < -0.3 is 14.4 Å². The maximum absolute atomic E-state index is 15.3. The molecule has 0 aliphatic carbocycles. The Morgan fingerprint density at radius 1 is 1.03 bits per heavy atom. The molecule has 1 aromatic heterocycles. The van der Waals surface area contributed by atoms with Gasteiger partial charge in [0.05, 0.1) is 16.9 Å². The average molecular weight is 404 g/mol. The van der Waals surface area contributed by atoms with Crippen LogP contribution in [0.3, 0.4) is 0 Å². The Balaban J connectivity index is 2.00. The van der Waals surface area contributed by atoms with Crippen LogP contribution in [0.25, 0.3) is 11.3 Å². The molecule has 1 saturated heterocycles. The fraction of sp³-hybridized carbons (Fsp3) is 0.381. The largest absolute Gasteiger partial charge is 0.405 e. The number of halogens is 2. The number of hydrogen-bond acceptors (Lipinski definition) is 6. The molecule has 2 aromatic rings. The SMILES string of the molecule is CCN(c1ccc(F)c(-c2ccccn2)c1F)C1OC(=O)C(CC)(CC)C(=O)O1. The summed E-state index contributed by atoms with van der Waals surface area (Å²) in [6, 6.07) is 7.05. The van der Waals surface area contributed by atoms with Crippen molar-refractivity contribution in [2.45, 2.75) is 40.0 Å². The second-order valence-electron chi connectivity index (χ2n) is 6.66. The molecule has 0 amide bonds. The molecular weight excluding hydrogens is 382 g/mol.